The standard InChI is InChI=1S/C12H20N2O3/c1-15-10-6-9(4-5-14-8-13)7-11(16-2)12(10)17-3/h6-7,14H,4-5,8,13H2,1-3H3. The van der Waals surface area contributed by atoms with E-state index in [4.69, 9.17) is 19.9 Å². The van der Waals surface area contributed by atoms with Crippen LogP contribution in [0.1, 0.15) is 5.56 Å². The van der Waals surface area contributed by atoms with Crippen molar-refractivity contribution >= 4 is 0 Å². The van der Waals surface area contributed by atoms with Crippen molar-refractivity contribution in [2.24, 2.45) is 5.73 Å². The molecule has 0 unspecified atom stereocenters. The molecular formula is C12H20N2O3. The topological polar surface area (TPSA) is 65.7 Å². The minimum Gasteiger partial charge on any atom is -0.493 e. The summed E-state index contributed by atoms with van der Waals surface area (Å²) in [7, 11) is 4.81. The van der Waals surface area contributed by atoms with Crippen LogP contribution in [0, 0.1) is 0 Å². The Morgan fingerprint density at radius 1 is 1.06 bits per heavy atom. The molecule has 0 atom stereocenters. The Kier molecular flexibility index (Phi) is 5.59. The molecule has 1 aromatic carbocycles. The molecule has 0 saturated heterocycles. The van der Waals surface area contributed by atoms with E-state index in [1.807, 2.05) is 12.1 Å². The Morgan fingerprint density at radius 2 is 1.65 bits per heavy atom. The summed E-state index contributed by atoms with van der Waals surface area (Å²) in [5, 5.41) is 3.07. The summed E-state index contributed by atoms with van der Waals surface area (Å²) in [6.45, 7) is 1.29. The van der Waals surface area contributed by atoms with Crippen LogP contribution < -0.4 is 25.3 Å². The van der Waals surface area contributed by atoms with E-state index in [0.29, 0.717) is 23.9 Å². The third kappa shape index (κ3) is 3.51. The lowest BCUT2D eigenvalue weighted by Gasteiger charge is -2.14. The predicted molar refractivity (Wildman–Crippen MR) is 66.9 cm³/mol. The van der Waals surface area contributed by atoms with Crippen molar-refractivity contribution < 1.29 is 14.2 Å². The molecule has 0 aromatic heterocycles. The van der Waals surface area contributed by atoms with Gasteiger partial charge < -0.3 is 25.3 Å². The van der Waals surface area contributed by atoms with Crippen LogP contribution in [-0.4, -0.2) is 34.5 Å². The molecule has 17 heavy (non-hydrogen) atoms. The molecule has 0 aliphatic carbocycles. The van der Waals surface area contributed by atoms with Crippen molar-refractivity contribution in [1.29, 1.82) is 0 Å². The highest BCUT2D eigenvalue weighted by Crippen LogP contribution is 2.38. The van der Waals surface area contributed by atoms with E-state index in [1.54, 1.807) is 21.3 Å². The van der Waals surface area contributed by atoms with Crippen LogP contribution in [0.2, 0.25) is 0 Å². The number of rotatable bonds is 7. The number of methoxy groups -OCH3 is 3. The SMILES string of the molecule is COc1cc(CCNCN)cc(OC)c1OC. The molecule has 5 nitrogen and oxygen atoms in total. The number of hydrogen-bond donors (Lipinski definition) is 2. The van der Waals surface area contributed by atoms with E-state index in [9.17, 15) is 0 Å². The summed E-state index contributed by atoms with van der Waals surface area (Å²) in [5.41, 5.74) is 6.48. The number of benzene rings is 1. The third-order valence-corrected chi connectivity index (χ3v) is 2.46. The fourth-order valence-electron chi connectivity index (χ4n) is 1.61. The highest BCUT2D eigenvalue weighted by atomic mass is 16.5. The Morgan fingerprint density at radius 3 is 2.06 bits per heavy atom. The summed E-state index contributed by atoms with van der Waals surface area (Å²) in [6.07, 6.45) is 0.855. The first-order chi connectivity index (χ1) is 8.26. The largest absolute Gasteiger partial charge is 0.493 e. The maximum Gasteiger partial charge on any atom is 0.203 e. The van der Waals surface area contributed by atoms with Crippen LogP contribution >= 0.6 is 0 Å². The molecule has 0 aliphatic heterocycles. The highest BCUT2D eigenvalue weighted by Gasteiger charge is 2.12. The van der Waals surface area contributed by atoms with Gasteiger partial charge >= 0.3 is 0 Å². The lowest BCUT2D eigenvalue weighted by Crippen LogP contribution is -2.24. The van der Waals surface area contributed by atoms with Crippen molar-refractivity contribution in [3.8, 4) is 17.2 Å². The van der Waals surface area contributed by atoms with Gasteiger partial charge in [-0.1, -0.05) is 0 Å². The molecule has 0 heterocycles. The molecule has 0 saturated carbocycles. The third-order valence-electron chi connectivity index (χ3n) is 2.46. The quantitative estimate of drug-likeness (QED) is 0.544. The first kappa shape index (κ1) is 13.6. The van der Waals surface area contributed by atoms with Gasteiger partial charge in [0, 0.05) is 13.2 Å². The van der Waals surface area contributed by atoms with E-state index in [1.165, 1.54) is 0 Å². The minimum absolute atomic E-state index is 0.477. The molecule has 3 N–H and O–H groups in total. The molecule has 0 amide bonds. The van der Waals surface area contributed by atoms with E-state index in [2.05, 4.69) is 5.32 Å². The van der Waals surface area contributed by atoms with Crippen LogP contribution in [0.5, 0.6) is 17.2 Å². The van der Waals surface area contributed by atoms with Gasteiger partial charge in [0.15, 0.2) is 11.5 Å². The molecule has 1 rings (SSSR count). The molecule has 0 spiro atoms. The summed E-state index contributed by atoms with van der Waals surface area (Å²) in [6, 6.07) is 3.89. The minimum atomic E-state index is 0.477. The molecule has 0 aliphatic rings. The van der Waals surface area contributed by atoms with Crippen LogP contribution in [0.15, 0.2) is 12.1 Å². The fraction of sp³-hybridized carbons (Fsp3) is 0.500. The van der Waals surface area contributed by atoms with Gasteiger partial charge in [-0.25, -0.2) is 0 Å². The van der Waals surface area contributed by atoms with Gasteiger partial charge in [-0.05, 0) is 24.1 Å². The molecule has 1 aromatic rings. The van der Waals surface area contributed by atoms with Crippen molar-refractivity contribution in [1.82, 2.24) is 5.32 Å². The lowest BCUT2D eigenvalue weighted by atomic mass is 10.1. The van der Waals surface area contributed by atoms with Gasteiger partial charge in [-0.3, -0.25) is 0 Å². The van der Waals surface area contributed by atoms with Crippen molar-refractivity contribution in [2.75, 3.05) is 34.5 Å². The van der Waals surface area contributed by atoms with Gasteiger partial charge in [-0.15, -0.1) is 0 Å². The molecule has 0 bridgehead atoms. The fourth-order valence-corrected chi connectivity index (χ4v) is 1.61. The number of hydrogen-bond acceptors (Lipinski definition) is 5. The number of ether oxygens (including phenoxy) is 3. The Hall–Kier alpha value is -1.46. The molecule has 96 valence electrons. The second kappa shape index (κ2) is 6.98. The van der Waals surface area contributed by atoms with E-state index in [-0.39, 0.29) is 0 Å². The lowest BCUT2D eigenvalue weighted by molar-refractivity contribution is 0.324. The van der Waals surface area contributed by atoms with Gasteiger partial charge in [0.1, 0.15) is 0 Å². The Bertz CT molecular complexity index is 331. The van der Waals surface area contributed by atoms with Crippen molar-refractivity contribution in [3.63, 3.8) is 0 Å². The highest BCUT2D eigenvalue weighted by molar-refractivity contribution is 5.53. The summed E-state index contributed by atoms with van der Waals surface area (Å²) >= 11 is 0. The second-order valence-corrected chi connectivity index (χ2v) is 3.49. The van der Waals surface area contributed by atoms with E-state index in [0.717, 1.165) is 18.5 Å². The summed E-state index contributed by atoms with van der Waals surface area (Å²) in [5.74, 6) is 1.97. The van der Waals surface area contributed by atoms with Crippen molar-refractivity contribution in [3.05, 3.63) is 17.7 Å². The zero-order valence-electron chi connectivity index (χ0n) is 10.6. The molecular weight excluding hydrogens is 220 g/mol. The molecule has 0 radical (unpaired) electrons. The van der Waals surface area contributed by atoms with Gasteiger partial charge in [-0.2, -0.15) is 0 Å². The average molecular weight is 240 g/mol. The normalized spacial score (nSPS) is 10.1. The van der Waals surface area contributed by atoms with E-state index >= 15 is 0 Å². The van der Waals surface area contributed by atoms with Crippen LogP contribution in [-0.2, 0) is 6.42 Å². The van der Waals surface area contributed by atoms with Gasteiger partial charge in [0.25, 0.3) is 0 Å². The predicted octanol–water partition coefficient (Wildman–Crippen LogP) is 0.761. The van der Waals surface area contributed by atoms with E-state index < -0.39 is 0 Å². The summed E-state index contributed by atoms with van der Waals surface area (Å²) < 4.78 is 15.8. The monoisotopic (exact) mass is 240 g/mol. The maximum atomic E-state index is 5.37. The number of nitrogens with one attached hydrogen (secondary N) is 1. The summed E-state index contributed by atoms with van der Waals surface area (Å²) in [4.78, 5) is 0. The Balaban J connectivity index is 2.92. The zero-order valence-corrected chi connectivity index (χ0v) is 10.6. The first-order valence-electron chi connectivity index (χ1n) is 5.46. The average Bonchev–Trinajstić information content (AvgIpc) is 2.37. The smallest absolute Gasteiger partial charge is 0.203 e. The zero-order chi connectivity index (χ0) is 12.7. The first-order valence-corrected chi connectivity index (χ1v) is 5.46. The molecule has 5 heteroatoms. The Labute approximate surface area is 102 Å². The van der Waals surface area contributed by atoms with Crippen LogP contribution in [0.4, 0.5) is 0 Å². The van der Waals surface area contributed by atoms with Crippen LogP contribution in [0.25, 0.3) is 0 Å². The van der Waals surface area contributed by atoms with Gasteiger partial charge in [0.05, 0.1) is 21.3 Å². The second-order valence-electron chi connectivity index (χ2n) is 3.49. The van der Waals surface area contributed by atoms with Gasteiger partial charge in [0.2, 0.25) is 5.75 Å². The maximum absolute atomic E-state index is 5.37. The van der Waals surface area contributed by atoms with Crippen LogP contribution in [0.3, 0.4) is 0 Å². The van der Waals surface area contributed by atoms with Crippen molar-refractivity contribution in [2.45, 2.75) is 6.42 Å². The molecule has 0 fully saturated rings. The number of nitrogens with two attached hydrogens (primary N) is 1.